The molecule has 3 aromatic rings. The predicted octanol–water partition coefficient (Wildman–Crippen LogP) is 7.43. The van der Waals surface area contributed by atoms with Crippen LogP contribution < -0.4 is 10.1 Å². The molecule has 1 heterocycles. The first-order valence-corrected chi connectivity index (χ1v) is 12.1. The van der Waals surface area contributed by atoms with E-state index in [1.54, 1.807) is 0 Å². The van der Waals surface area contributed by atoms with Crippen molar-refractivity contribution in [2.45, 2.75) is 39.0 Å². The molecule has 1 N–H and O–H groups in total. The van der Waals surface area contributed by atoms with Crippen LogP contribution in [-0.2, 0) is 10.2 Å². The van der Waals surface area contributed by atoms with Crippen molar-refractivity contribution in [3.8, 4) is 17.0 Å². The molecule has 0 saturated carbocycles. The van der Waals surface area contributed by atoms with Gasteiger partial charge in [-0.3, -0.25) is 4.79 Å². The molecule has 0 bridgehead atoms. The van der Waals surface area contributed by atoms with Crippen LogP contribution in [0.4, 0.5) is 5.13 Å². The van der Waals surface area contributed by atoms with Crippen LogP contribution in [-0.4, -0.2) is 17.5 Å². The van der Waals surface area contributed by atoms with Crippen LogP contribution in [0.25, 0.3) is 11.3 Å². The fraction of sp³-hybridized carbons (Fsp3) is 0.304. The number of hydrogen-bond donors (Lipinski definition) is 1. The predicted molar refractivity (Wildman–Crippen MR) is 131 cm³/mol. The van der Waals surface area contributed by atoms with Crippen LogP contribution >= 0.6 is 43.2 Å². The zero-order valence-electron chi connectivity index (χ0n) is 17.2. The Morgan fingerprint density at radius 2 is 1.87 bits per heavy atom. The summed E-state index contributed by atoms with van der Waals surface area (Å²) in [5.41, 5.74) is 3.21. The molecule has 3 rings (SSSR count). The van der Waals surface area contributed by atoms with E-state index in [9.17, 15) is 4.79 Å². The van der Waals surface area contributed by atoms with E-state index < -0.39 is 0 Å². The molecule has 1 aromatic heterocycles. The molecule has 1 amide bonds. The van der Waals surface area contributed by atoms with Crippen molar-refractivity contribution in [2.75, 3.05) is 11.9 Å². The minimum Gasteiger partial charge on any atom is -0.492 e. The highest BCUT2D eigenvalue weighted by atomic mass is 79.9. The minimum absolute atomic E-state index is 0.0579. The van der Waals surface area contributed by atoms with Gasteiger partial charge < -0.3 is 10.1 Å². The lowest BCUT2D eigenvalue weighted by Crippen LogP contribution is -2.13. The van der Waals surface area contributed by atoms with Gasteiger partial charge in [0.2, 0.25) is 5.91 Å². The lowest BCUT2D eigenvalue weighted by Gasteiger charge is -2.20. The van der Waals surface area contributed by atoms with E-state index in [0.717, 1.165) is 26.0 Å². The summed E-state index contributed by atoms with van der Waals surface area (Å²) >= 11 is 8.43. The number of nitrogens with one attached hydrogen (secondary N) is 1. The summed E-state index contributed by atoms with van der Waals surface area (Å²) in [5, 5.41) is 5.43. The van der Waals surface area contributed by atoms with Crippen LogP contribution in [0.3, 0.4) is 0 Å². The second kappa shape index (κ2) is 10.1. The van der Waals surface area contributed by atoms with Gasteiger partial charge in [-0.15, -0.1) is 11.3 Å². The van der Waals surface area contributed by atoms with Gasteiger partial charge >= 0.3 is 0 Å². The highest BCUT2D eigenvalue weighted by molar-refractivity contribution is 9.10. The van der Waals surface area contributed by atoms with E-state index in [1.807, 2.05) is 35.7 Å². The van der Waals surface area contributed by atoms with Crippen molar-refractivity contribution in [3.05, 3.63) is 62.4 Å². The number of ether oxygens (including phenoxy) is 1. The van der Waals surface area contributed by atoms with E-state index in [1.165, 1.54) is 16.9 Å². The number of aromatic nitrogens is 1. The molecule has 0 aliphatic rings. The van der Waals surface area contributed by atoms with Crippen molar-refractivity contribution in [1.82, 2.24) is 4.98 Å². The number of benzene rings is 2. The van der Waals surface area contributed by atoms with E-state index >= 15 is 0 Å². The molecule has 0 aliphatic carbocycles. The zero-order valence-corrected chi connectivity index (χ0v) is 21.2. The second-order valence-corrected chi connectivity index (χ2v) is 10.6. The Labute approximate surface area is 198 Å². The highest BCUT2D eigenvalue weighted by Gasteiger charge is 2.15. The fourth-order valence-electron chi connectivity index (χ4n) is 2.77. The van der Waals surface area contributed by atoms with Gasteiger partial charge in [0.1, 0.15) is 5.75 Å². The molecule has 0 aliphatic heterocycles. The molecule has 0 unspecified atom stereocenters. The summed E-state index contributed by atoms with van der Waals surface area (Å²) in [6.07, 6.45) is 1.01. The number of rotatable bonds is 7. The maximum atomic E-state index is 12.2. The van der Waals surface area contributed by atoms with Crippen LogP contribution in [0.2, 0.25) is 0 Å². The third-order valence-electron chi connectivity index (χ3n) is 4.49. The van der Waals surface area contributed by atoms with Crippen molar-refractivity contribution in [1.29, 1.82) is 0 Å². The first-order chi connectivity index (χ1) is 14.2. The van der Waals surface area contributed by atoms with Gasteiger partial charge in [0.25, 0.3) is 0 Å². The summed E-state index contributed by atoms with van der Waals surface area (Å²) in [6, 6.07) is 14.1. The third-order valence-corrected chi connectivity index (χ3v) is 6.40. The smallest absolute Gasteiger partial charge is 0.226 e. The molecular weight excluding hydrogens is 528 g/mol. The van der Waals surface area contributed by atoms with E-state index in [0.29, 0.717) is 24.6 Å². The summed E-state index contributed by atoms with van der Waals surface area (Å²) in [6.45, 7) is 7.01. The number of carbonyl (C=O) groups excluding carboxylic acids is 1. The molecule has 0 radical (unpaired) electrons. The molecular formula is C23H24Br2N2O2S. The first-order valence-electron chi connectivity index (χ1n) is 9.66. The lowest BCUT2D eigenvalue weighted by atomic mass is 9.87. The molecule has 0 fully saturated rings. The minimum atomic E-state index is -0.0579. The van der Waals surface area contributed by atoms with E-state index in [-0.39, 0.29) is 11.3 Å². The van der Waals surface area contributed by atoms with Gasteiger partial charge in [-0.25, -0.2) is 4.98 Å². The number of hydrogen-bond acceptors (Lipinski definition) is 4. The monoisotopic (exact) mass is 550 g/mol. The van der Waals surface area contributed by atoms with Crippen LogP contribution in [0.5, 0.6) is 5.75 Å². The summed E-state index contributed by atoms with van der Waals surface area (Å²) < 4.78 is 7.79. The Morgan fingerprint density at radius 3 is 2.53 bits per heavy atom. The molecule has 0 atom stereocenters. The van der Waals surface area contributed by atoms with Crippen molar-refractivity contribution in [2.24, 2.45) is 0 Å². The maximum Gasteiger partial charge on any atom is 0.226 e. The number of carbonyl (C=O) groups is 1. The number of thiazole rings is 1. The highest BCUT2D eigenvalue weighted by Crippen LogP contribution is 2.31. The Hall–Kier alpha value is -1.70. The molecule has 2 aromatic carbocycles. The van der Waals surface area contributed by atoms with Crippen LogP contribution in [0, 0.1) is 0 Å². The van der Waals surface area contributed by atoms with Gasteiger partial charge in [-0.1, -0.05) is 54.9 Å². The average molecular weight is 552 g/mol. The van der Waals surface area contributed by atoms with Gasteiger partial charge in [0.15, 0.2) is 5.13 Å². The normalized spacial score (nSPS) is 11.4. The van der Waals surface area contributed by atoms with E-state index in [2.05, 4.69) is 75.1 Å². The molecule has 4 nitrogen and oxygen atoms in total. The molecule has 7 heteroatoms. The number of halogens is 2. The number of amides is 1. The number of anilines is 1. The van der Waals surface area contributed by atoms with Gasteiger partial charge in [0, 0.05) is 21.8 Å². The second-order valence-electron chi connectivity index (χ2n) is 7.94. The van der Waals surface area contributed by atoms with Gasteiger partial charge in [-0.2, -0.15) is 0 Å². The summed E-state index contributed by atoms with van der Waals surface area (Å²) in [4.78, 5) is 16.7. The van der Waals surface area contributed by atoms with Crippen LogP contribution in [0.1, 0.15) is 39.2 Å². The molecule has 30 heavy (non-hydrogen) atoms. The fourth-order valence-corrected chi connectivity index (χ4v) is 4.26. The lowest BCUT2D eigenvalue weighted by molar-refractivity contribution is -0.116. The largest absolute Gasteiger partial charge is 0.492 e. The van der Waals surface area contributed by atoms with Gasteiger partial charge in [-0.05, 0) is 57.6 Å². The third kappa shape index (κ3) is 6.40. The molecule has 158 valence electrons. The van der Waals surface area contributed by atoms with Gasteiger partial charge in [0.05, 0.1) is 16.8 Å². The first kappa shape index (κ1) is 23.0. The standard InChI is InChI=1S/C23H24Br2N2O2S/c1-23(2,3)16-8-11-20(18(25)13-16)29-12-4-5-21(28)27-22-26-19(14-30-22)15-6-9-17(24)10-7-15/h6-11,13-14H,4-5,12H2,1-3H3,(H,26,27,28). The van der Waals surface area contributed by atoms with Crippen molar-refractivity contribution < 1.29 is 9.53 Å². The van der Waals surface area contributed by atoms with Crippen LogP contribution in [0.15, 0.2) is 56.8 Å². The Balaban J connectivity index is 1.45. The van der Waals surface area contributed by atoms with E-state index in [4.69, 9.17) is 4.74 Å². The van der Waals surface area contributed by atoms with Crippen molar-refractivity contribution in [3.63, 3.8) is 0 Å². The molecule has 0 saturated heterocycles. The molecule has 0 spiro atoms. The number of nitrogens with zero attached hydrogens (tertiary/aromatic N) is 1. The Kier molecular flexibility index (Phi) is 7.71. The quantitative estimate of drug-likeness (QED) is 0.310. The Bertz CT molecular complexity index is 1010. The Morgan fingerprint density at radius 1 is 1.13 bits per heavy atom. The topological polar surface area (TPSA) is 51.2 Å². The SMILES string of the molecule is CC(C)(C)c1ccc(OCCCC(=O)Nc2nc(-c3ccc(Br)cc3)cs2)c(Br)c1. The summed E-state index contributed by atoms with van der Waals surface area (Å²) in [7, 11) is 0. The van der Waals surface area contributed by atoms with Crippen molar-refractivity contribution >= 4 is 54.2 Å². The summed E-state index contributed by atoms with van der Waals surface area (Å²) in [5.74, 6) is 0.736. The average Bonchev–Trinajstić information content (AvgIpc) is 3.14. The maximum absolute atomic E-state index is 12.2. The zero-order chi connectivity index (χ0) is 21.7.